The van der Waals surface area contributed by atoms with Gasteiger partial charge in [0, 0.05) is 0 Å². The van der Waals surface area contributed by atoms with Crippen molar-refractivity contribution in [2.24, 2.45) is 0 Å². The highest BCUT2D eigenvalue weighted by atomic mass is 127. The molecule has 0 amide bonds. The molecule has 0 radical (unpaired) electrons. The quantitative estimate of drug-likeness (QED) is 0.289. The molecule has 3 heterocycles. The Kier molecular flexibility index (Phi) is 5.23. The Morgan fingerprint density at radius 3 is 2.48 bits per heavy atom. The van der Waals surface area contributed by atoms with Gasteiger partial charge in [0.05, 0.1) is 12.0 Å². The molecule has 2 aromatic heterocycles. The summed E-state index contributed by atoms with van der Waals surface area (Å²) in [4.78, 5) is 7.77. The van der Waals surface area contributed by atoms with Crippen molar-refractivity contribution in [3.63, 3.8) is 0 Å². The molecule has 0 spiro atoms. The molecule has 1 aliphatic heterocycles. The summed E-state index contributed by atoms with van der Waals surface area (Å²) in [5.74, 6) is 0.466. The summed E-state index contributed by atoms with van der Waals surface area (Å²) in [5.41, 5.74) is 6.20. The highest BCUT2D eigenvalue weighted by Gasteiger charge is 2.41. The zero-order valence-corrected chi connectivity index (χ0v) is 12.7. The smallest absolute Gasteiger partial charge is 0.187 e. The monoisotopic (exact) mass is 411 g/mol. The summed E-state index contributed by atoms with van der Waals surface area (Å²) in [5, 5.41) is 42.4. The number of aromatic amines is 1. The molecular weight excluding hydrogens is 397 g/mol. The average molecular weight is 411 g/mol. The number of hydrogen-bond acceptors (Lipinski definition) is 9. The number of aromatic nitrogens is 4. The number of nitrogen functional groups attached to an aromatic ring is 1. The van der Waals surface area contributed by atoms with Crippen LogP contribution in [-0.4, -0.2) is 71.8 Å². The molecule has 0 bridgehead atoms. The van der Waals surface area contributed by atoms with Crippen LogP contribution < -0.4 is 5.73 Å². The summed E-state index contributed by atoms with van der Waals surface area (Å²) < 4.78 is 5.41. The Morgan fingerprint density at radius 1 is 1.29 bits per heavy atom. The summed E-state index contributed by atoms with van der Waals surface area (Å²) in [6, 6.07) is 0. The van der Waals surface area contributed by atoms with Crippen molar-refractivity contribution in [2.75, 3.05) is 12.3 Å². The lowest BCUT2D eigenvalue weighted by atomic mass is 10.1. The minimum absolute atomic E-state index is 0.407. The molecule has 11 heteroatoms. The van der Waals surface area contributed by atoms with E-state index in [-0.39, 0.29) is 0 Å². The second kappa shape index (κ2) is 6.76. The van der Waals surface area contributed by atoms with Crippen molar-refractivity contribution in [2.45, 2.75) is 24.6 Å². The van der Waals surface area contributed by atoms with Crippen LogP contribution >= 0.6 is 22.6 Å². The number of ether oxygens (including phenoxy) is 1. The number of nitrogens with two attached hydrogens (primary N) is 1. The van der Waals surface area contributed by atoms with Crippen LogP contribution in [0.1, 0.15) is 0 Å². The molecule has 21 heavy (non-hydrogen) atoms. The van der Waals surface area contributed by atoms with E-state index in [1.807, 2.05) is 0 Å². The molecule has 7 N–H and O–H groups in total. The predicted octanol–water partition coefficient (Wildman–Crippen LogP) is -2.04. The van der Waals surface area contributed by atoms with Gasteiger partial charge in [-0.1, -0.05) is 0 Å². The lowest BCUT2D eigenvalue weighted by Crippen LogP contribution is -2.33. The van der Waals surface area contributed by atoms with Crippen molar-refractivity contribution < 1.29 is 25.2 Å². The molecule has 3 rings (SSSR count). The topological polar surface area (TPSA) is 171 Å². The van der Waals surface area contributed by atoms with Gasteiger partial charge in [0.1, 0.15) is 34.2 Å². The fraction of sp³-hybridized carbons (Fsp3) is 0.500. The van der Waals surface area contributed by atoms with Crippen LogP contribution in [0.5, 0.6) is 0 Å². The molecule has 0 aliphatic carbocycles. The third-order valence-electron chi connectivity index (χ3n) is 2.85. The maximum absolute atomic E-state index is 8.93. The molecule has 0 saturated carbocycles. The largest absolute Gasteiger partial charge is 0.394 e. The molecule has 1 fully saturated rings. The number of rotatable bonds is 1. The lowest BCUT2D eigenvalue weighted by Gasteiger charge is -2.09. The summed E-state index contributed by atoms with van der Waals surface area (Å²) in [6.45, 7) is -0.407. The zero-order chi connectivity index (χ0) is 15.6. The van der Waals surface area contributed by atoms with E-state index in [9.17, 15) is 0 Å². The maximum atomic E-state index is 8.93. The van der Waals surface area contributed by atoms with Crippen LogP contribution in [0.2, 0.25) is 0 Å². The third kappa shape index (κ3) is 3.38. The Bertz CT molecular complexity index is 611. The van der Waals surface area contributed by atoms with Crippen LogP contribution in [0, 0.1) is 3.70 Å². The molecule has 0 unspecified atom stereocenters. The first-order chi connectivity index (χ1) is 9.95. The number of fused-ring (bicyclic) bond motifs is 1. The van der Waals surface area contributed by atoms with Gasteiger partial charge in [0.2, 0.25) is 0 Å². The van der Waals surface area contributed by atoms with E-state index < -0.39 is 31.2 Å². The van der Waals surface area contributed by atoms with E-state index in [2.05, 4.69) is 47.5 Å². The molecule has 1 aliphatic rings. The van der Waals surface area contributed by atoms with Gasteiger partial charge in [-0.05, 0) is 22.6 Å². The number of nitrogens with one attached hydrogen (secondary N) is 1. The van der Waals surface area contributed by atoms with Crippen molar-refractivity contribution in [1.82, 2.24) is 20.2 Å². The Balaban J connectivity index is 0.000000155. The fourth-order valence-corrected chi connectivity index (χ4v) is 2.36. The van der Waals surface area contributed by atoms with Crippen LogP contribution in [-0.2, 0) is 4.74 Å². The molecule has 10 nitrogen and oxygen atoms in total. The van der Waals surface area contributed by atoms with Crippen molar-refractivity contribution in [3.05, 3.63) is 10.0 Å². The van der Waals surface area contributed by atoms with Gasteiger partial charge in [-0.15, -0.1) is 0 Å². The number of H-pyrrole nitrogens is 1. The standard InChI is InChI=1S/C5H4IN5.C5H10O5/c6-3-2-4(7)8-1-9-5(2)11-10-3;6-1-2-3(7)4(8)5(9)10-2/h1H,(H3,7,8,9,10,11);2-9H,1H2/t;2-,3-,4-,5-/m.1/s1. The zero-order valence-electron chi connectivity index (χ0n) is 10.6. The highest BCUT2D eigenvalue weighted by Crippen LogP contribution is 2.19. The highest BCUT2D eigenvalue weighted by molar-refractivity contribution is 14.1. The number of hydrogen-bond donors (Lipinski definition) is 6. The third-order valence-corrected chi connectivity index (χ3v) is 3.63. The number of aliphatic hydroxyl groups is 4. The molecule has 2 aromatic rings. The van der Waals surface area contributed by atoms with Gasteiger partial charge >= 0.3 is 0 Å². The normalized spacial score (nSPS) is 28.4. The van der Waals surface area contributed by atoms with Crippen molar-refractivity contribution in [3.8, 4) is 0 Å². The Morgan fingerprint density at radius 2 is 2.00 bits per heavy atom. The van der Waals surface area contributed by atoms with Gasteiger partial charge in [-0.2, -0.15) is 5.10 Å². The van der Waals surface area contributed by atoms with Crippen LogP contribution in [0.25, 0.3) is 11.0 Å². The van der Waals surface area contributed by atoms with E-state index in [0.717, 1.165) is 9.09 Å². The van der Waals surface area contributed by atoms with Crippen LogP contribution in [0.4, 0.5) is 5.82 Å². The van der Waals surface area contributed by atoms with Crippen LogP contribution in [0.3, 0.4) is 0 Å². The number of nitrogens with zero attached hydrogens (tertiary/aromatic N) is 3. The van der Waals surface area contributed by atoms with Gasteiger partial charge in [-0.3, -0.25) is 5.10 Å². The summed E-state index contributed by atoms with van der Waals surface area (Å²) in [7, 11) is 0. The predicted molar refractivity (Wildman–Crippen MR) is 78.8 cm³/mol. The van der Waals surface area contributed by atoms with Gasteiger partial charge in [-0.25, -0.2) is 9.97 Å². The summed E-state index contributed by atoms with van der Waals surface area (Å²) >= 11 is 2.10. The maximum Gasteiger partial charge on any atom is 0.187 e. The van der Waals surface area contributed by atoms with Crippen molar-refractivity contribution >= 4 is 39.4 Å². The number of aliphatic hydroxyl groups excluding tert-OH is 4. The fourth-order valence-electron chi connectivity index (χ4n) is 1.72. The molecule has 0 aromatic carbocycles. The number of anilines is 1. The van der Waals surface area contributed by atoms with Crippen LogP contribution in [0.15, 0.2) is 6.33 Å². The van der Waals surface area contributed by atoms with Gasteiger partial charge < -0.3 is 30.9 Å². The second-order valence-corrected chi connectivity index (χ2v) is 5.30. The first-order valence-corrected chi connectivity index (χ1v) is 6.94. The van der Waals surface area contributed by atoms with Gasteiger partial charge in [0.25, 0.3) is 0 Å². The molecule has 1 saturated heterocycles. The van der Waals surface area contributed by atoms with Gasteiger partial charge in [0.15, 0.2) is 11.9 Å². The SMILES string of the molecule is Nc1ncnc2n[nH]c(I)c12.OC[C@H]1O[C@@H](O)[C@H](O)[C@@H]1O. The second-order valence-electron chi connectivity index (χ2n) is 4.22. The average Bonchev–Trinajstić information content (AvgIpc) is 2.96. The molecular formula is C10H14IN5O5. The van der Waals surface area contributed by atoms with E-state index >= 15 is 0 Å². The first kappa shape index (κ1) is 16.3. The lowest BCUT2D eigenvalue weighted by molar-refractivity contribution is -0.132. The molecule has 116 valence electrons. The molecule has 4 atom stereocenters. The minimum atomic E-state index is -1.38. The number of halogens is 1. The van der Waals surface area contributed by atoms with E-state index in [0.29, 0.717) is 11.5 Å². The Hall–Kier alpha value is -1.12. The summed E-state index contributed by atoms with van der Waals surface area (Å²) in [6.07, 6.45) is -3.36. The Labute approximate surface area is 132 Å². The van der Waals surface area contributed by atoms with Crippen molar-refractivity contribution in [1.29, 1.82) is 0 Å². The van der Waals surface area contributed by atoms with E-state index in [1.54, 1.807) is 0 Å². The first-order valence-electron chi connectivity index (χ1n) is 5.86. The minimum Gasteiger partial charge on any atom is -0.394 e. The van der Waals surface area contributed by atoms with E-state index in [1.165, 1.54) is 6.33 Å². The van der Waals surface area contributed by atoms with E-state index in [4.69, 9.17) is 26.2 Å².